The lowest BCUT2D eigenvalue weighted by molar-refractivity contribution is -0.384. The van der Waals surface area contributed by atoms with Gasteiger partial charge >= 0.3 is 5.63 Å². The number of hydrogen-bond acceptors (Lipinski definition) is 7. The maximum absolute atomic E-state index is 12.3. The van der Waals surface area contributed by atoms with Crippen LogP contribution in [-0.4, -0.2) is 23.3 Å². The first-order valence-corrected chi connectivity index (χ1v) is 8.95. The number of amides is 2. The monoisotopic (exact) mass is 411 g/mol. The van der Waals surface area contributed by atoms with Gasteiger partial charge in [0.2, 0.25) is 0 Å². The first kappa shape index (κ1) is 20.5. The number of carbonyl (C=O) groups excluding carboxylic acids is 2. The fourth-order valence-corrected chi connectivity index (χ4v) is 2.55. The van der Waals surface area contributed by atoms with Gasteiger partial charge in [-0.25, -0.2) is 4.79 Å². The van der Waals surface area contributed by atoms with Crippen molar-refractivity contribution in [3.05, 3.63) is 80.2 Å². The van der Waals surface area contributed by atoms with Gasteiger partial charge in [-0.3, -0.25) is 30.6 Å². The average Bonchev–Trinajstić information content (AvgIpc) is 2.75. The molecular formula is C20H17N3O7. The molecular weight excluding hydrogens is 394 g/mol. The fraction of sp³-hybridized carbons (Fsp3) is 0.150. The van der Waals surface area contributed by atoms with E-state index in [1.165, 1.54) is 18.2 Å². The Kier molecular flexibility index (Phi) is 6.06. The molecule has 0 saturated heterocycles. The van der Waals surface area contributed by atoms with Crippen LogP contribution < -0.4 is 21.2 Å². The molecule has 0 aliphatic rings. The first-order chi connectivity index (χ1) is 14.4. The zero-order chi connectivity index (χ0) is 21.7. The van der Waals surface area contributed by atoms with Gasteiger partial charge in [0.25, 0.3) is 17.5 Å². The minimum Gasteiger partial charge on any atom is -0.493 e. The van der Waals surface area contributed by atoms with Crippen molar-refractivity contribution in [3.8, 4) is 5.75 Å². The van der Waals surface area contributed by atoms with Crippen LogP contribution in [-0.2, 0) is 0 Å². The Hall–Kier alpha value is -4.21. The lowest BCUT2D eigenvalue weighted by Gasteiger charge is -2.08. The van der Waals surface area contributed by atoms with Crippen molar-refractivity contribution in [2.24, 2.45) is 0 Å². The van der Waals surface area contributed by atoms with E-state index < -0.39 is 22.4 Å². The van der Waals surface area contributed by atoms with Crippen LogP contribution in [0.5, 0.6) is 5.75 Å². The molecule has 0 fully saturated rings. The molecule has 0 unspecified atom stereocenters. The number of rotatable bonds is 6. The Morgan fingerprint density at radius 2 is 1.77 bits per heavy atom. The van der Waals surface area contributed by atoms with Gasteiger partial charge in [0, 0.05) is 29.1 Å². The molecule has 0 aliphatic heterocycles. The van der Waals surface area contributed by atoms with Crippen molar-refractivity contribution in [3.63, 3.8) is 0 Å². The van der Waals surface area contributed by atoms with E-state index in [-0.39, 0.29) is 22.4 Å². The SMILES string of the molecule is CCCOc1ccc2cc(C(=O)NNC(=O)c3ccc([N+](=O)[O-])cc3)c(=O)oc2c1. The number of carbonyl (C=O) groups is 2. The van der Waals surface area contributed by atoms with Gasteiger partial charge in [-0.05, 0) is 36.8 Å². The second-order valence-electron chi connectivity index (χ2n) is 6.21. The van der Waals surface area contributed by atoms with Crippen LogP contribution in [0.15, 0.2) is 57.7 Å². The number of ether oxygens (including phenoxy) is 1. The number of hydrogen-bond donors (Lipinski definition) is 2. The Morgan fingerprint density at radius 1 is 1.07 bits per heavy atom. The van der Waals surface area contributed by atoms with Gasteiger partial charge in [-0.2, -0.15) is 0 Å². The van der Waals surface area contributed by atoms with Crippen LogP contribution in [0.4, 0.5) is 5.69 Å². The number of nitrogens with one attached hydrogen (secondary N) is 2. The maximum atomic E-state index is 12.3. The Balaban J connectivity index is 1.71. The highest BCUT2D eigenvalue weighted by molar-refractivity contribution is 6.00. The quantitative estimate of drug-likeness (QED) is 0.361. The molecule has 0 aliphatic carbocycles. The van der Waals surface area contributed by atoms with Crippen molar-refractivity contribution >= 4 is 28.5 Å². The Labute approximate surface area is 169 Å². The molecule has 154 valence electrons. The molecule has 2 N–H and O–H groups in total. The van der Waals surface area contributed by atoms with E-state index in [4.69, 9.17) is 9.15 Å². The summed E-state index contributed by atoms with van der Waals surface area (Å²) < 4.78 is 10.7. The molecule has 0 saturated carbocycles. The summed E-state index contributed by atoms with van der Waals surface area (Å²) in [7, 11) is 0. The molecule has 30 heavy (non-hydrogen) atoms. The number of nitro benzene ring substituents is 1. The molecule has 0 atom stereocenters. The maximum Gasteiger partial charge on any atom is 0.349 e. The molecule has 3 rings (SSSR count). The van der Waals surface area contributed by atoms with Crippen molar-refractivity contribution in [2.45, 2.75) is 13.3 Å². The van der Waals surface area contributed by atoms with Crippen molar-refractivity contribution in [1.82, 2.24) is 10.9 Å². The third-order valence-electron chi connectivity index (χ3n) is 4.05. The summed E-state index contributed by atoms with van der Waals surface area (Å²) in [4.78, 5) is 46.6. The number of hydrazine groups is 1. The van der Waals surface area contributed by atoms with Crippen molar-refractivity contribution in [1.29, 1.82) is 0 Å². The molecule has 0 radical (unpaired) electrons. The minimum atomic E-state index is -0.878. The number of nitrogens with zero attached hydrogens (tertiary/aromatic N) is 1. The molecule has 0 spiro atoms. The summed E-state index contributed by atoms with van der Waals surface area (Å²) in [5.74, 6) is -1.03. The van der Waals surface area contributed by atoms with Crippen molar-refractivity contribution < 1.29 is 23.7 Å². The van der Waals surface area contributed by atoms with Gasteiger partial charge in [-0.1, -0.05) is 6.92 Å². The molecule has 10 nitrogen and oxygen atoms in total. The first-order valence-electron chi connectivity index (χ1n) is 8.95. The Bertz CT molecular complexity index is 1170. The second-order valence-corrected chi connectivity index (χ2v) is 6.21. The van der Waals surface area contributed by atoms with Gasteiger partial charge in [0.15, 0.2) is 0 Å². The van der Waals surface area contributed by atoms with E-state index in [0.29, 0.717) is 17.7 Å². The molecule has 2 amide bonds. The lowest BCUT2D eigenvalue weighted by Crippen LogP contribution is -2.43. The van der Waals surface area contributed by atoms with E-state index >= 15 is 0 Å². The molecule has 0 bridgehead atoms. The van der Waals surface area contributed by atoms with Crippen LogP contribution in [0.3, 0.4) is 0 Å². The highest BCUT2D eigenvalue weighted by Crippen LogP contribution is 2.20. The fourth-order valence-electron chi connectivity index (χ4n) is 2.55. The van der Waals surface area contributed by atoms with E-state index in [2.05, 4.69) is 10.9 Å². The van der Waals surface area contributed by atoms with Gasteiger partial charge in [-0.15, -0.1) is 0 Å². The van der Waals surface area contributed by atoms with Crippen LogP contribution in [0.2, 0.25) is 0 Å². The van der Waals surface area contributed by atoms with E-state index in [9.17, 15) is 24.5 Å². The highest BCUT2D eigenvalue weighted by Gasteiger charge is 2.16. The predicted octanol–water partition coefficient (Wildman–Crippen LogP) is 2.56. The minimum absolute atomic E-state index is 0.0889. The number of non-ortho nitro benzene ring substituents is 1. The topological polar surface area (TPSA) is 141 Å². The van der Waals surface area contributed by atoms with E-state index in [1.807, 2.05) is 6.92 Å². The van der Waals surface area contributed by atoms with Crippen molar-refractivity contribution in [2.75, 3.05) is 6.61 Å². The smallest absolute Gasteiger partial charge is 0.349 e. The third kappa shape index (κ3) is 4.61. The summed E-state index contributed by atoms with van der Waals surface area (Å²) in [6.45, 7) is 2.48. The molecule has 1 heterocycles. The van der Waals surface area contributed by atoms with E-state index in [1.54, 1.807) is 18.2 Å². The predicted molar refractivity (Wildman–Crippen MR) is 106 cm³/mol. The lowest BCUT2D eigenvalue weighted by atomic mass is 10.1. The summed E-state index contributed by atoms with van der Waals surface area (Å²) in [6, 6.07) is 11.0. The normalized spacial score (nSPS) is 10.4. The number of nitro groups is 1. The summed E-state index contributed by atoms with van der Waals surface area (Å²) in [5, 5.41) is 11.2. The largest absolute Gasteiger partial charge is 0.493 e. The molecule has 10 heteroatoms. The molecule has 3 aromatic rings. The van der Waals surface area contributed by atoms with Crippen LogP contribution >= 0.6 is 0 Å². The number of fused-ring (bicyclic) bond motifs is 1. The van der Waals surface area contributed by atoms with Gasteiger partial charge in [0.1, 0.15) is 16.9 Å². The molecule has 2 aromatic carbocycles. The zero-order valence-electron chi connectivity index (χ0n) is 15.8. The van der Waals surface area contributed by atoms with E-state index in [0.717, 1.165) is 18.6 Å². The van der Waals surface area contributed by atoms with Crippen LogP contribution in [0.25, 0.3) is 11.0 Å². The summed E-state index contributed by atoms with van der Waals surface area (Å²) in [6.07, 6.45) is 0.826. The Morgan fingerprint density at radius 3 is 2.43 bits per heavy atom. The second kappa shape index (κ2) is 8.86. The highest BCUT2D eigenvalue weighted by atomic mass is 16.6. The third-order valence-corrected chi connectivity index (χ3v) is 4.05. The van der Waals surface area contributed by atoms with Gasteiger partial charge < -0.3 is 9.15 Å². The standard InChI is InChI=1S/C20H17N3O7/c1-2-9-29-15-8-5-13-10-16(20(26)30-17(13)11-15)19(25)22-21-18(24)12-3-6-14(7-4-12)23(27)28/h3-8,10-11H,2,9H2,1H3,(H,21,24)(H,22,25). The summed E-state index contributed by atoms with van der Waals surface area (Å²) in [5.41, 5.74) is 3.27. The zero-order valence-corrected chi connectivity index (χ0v) is 15.8. The molecule has 1 aromatic heterocycles. The number of benzene rings is 2. The average molecular weight is 411 g/mol. The van der Waals surface area contributed by atoms with Gasteiger partial charge in [0.05, 0.1) is 11.5 Å². The van der Waals surface area contributed by atoms with Crippen LogP contribution in [0, 0.1) is 10.1 Å². The summed E-state index contributed by atoms with van der Waals surface area (Å²) >= 11 is 0. The van der Waals surface area contributed by atoms with Crippen LogP contribution in [0.1, 0.15) is 34.1 Å².